The van der Waals surface area contributed by atoms with Gasteiger partial charge in [0.1, 0.15) is 5.70 Å². The van der Waals surface area contributed by atoms with E-state index >= 15 is 0 Å². The van der Waals surface area contributed by atoms with Gasteiger partial charge in [-0.1, -0.05) is 6.07 Å². The maximum Gasteiger partial charge on any atom is 0.278 e. The highest BCUT2D eigenvalue weighted by atomic mass is 16.5. The number of hydrogen-bond donors (Lipinski definition) is 0. The fourth-order valence-corrected chi connectivity index (χ4v) is 3.91. The van der Waals surface area contributed by atoms with E-state index in [2.05, 4.69) is 0 Å². The van der Waals surface area contributed by atoms with Gasteiger partial charge in [0.25, 0.3) is 11.8 Å². The second-order valence-electron chi connectivity index (χ2n) is 7.53. The molecule has 0 aliphatic carbocycles. The van der Waals surface area contributed by atoms with Gasteiger partial charge in [-0.3, -0.25) is 14.5 Å². The molecule has 1 saturated heterocycles. The van der Waals surface area contributed by atoms with Crippen molar-refractivity contribution in [2.75, 3.05) is 27.3 Å². The molecule has 0 N–H and O–H groups in total. The molecule has 2 heterocycles. The number of nitrogens with zero attached hydrogens (tertiary/aromatic N) is 2. The van der Waals surface area contributed by atoms with Crippen LogP contribution in [0, 0.1) is 0 Å². The minimum Gasteiger partial charge on any atom is -0.493 e. The molecule has 1 fully saturated rings. The van der Waals surface area contributed by atoms with Crippen LogP contribution in [0.5, 0.6) is 11.5 Å². The predicted octanol–water partition coefficient (Wildman–Crippen LogP) is 2.30. The summed E-state index contributed by atoms with van der Waals surface area (Å²) in [5.74, 6) is 0.540. The first-order chi connectivity index (χ1) is 13.3. The minimum atomic E-state index is -0.283. The van der Waals surface area contributed by atoms with Crippen molar-refractivity contribution in [2.45, 2.75) is 45.9 Å². The highest BCUT2D eigenvalue weighted by Crippen LogP contribution is 2.37. The normalized spacial score (nSPS) is 23.1. The van der Waals surface area contributed by atoms with E-state index in [1.807, 2.05) is 32.6 Å². The van der Waals surface area contributed by atoms with E-state index in [9.17, 15) is 9.59 Å². The van der Waals surface area contributed by atoms with E-state index in [-0.39, 0.29) is 30.1 Å². The number of carbonyl (C=O) groups excluding carboxylic acids is 2. The number of methoxy groups -OCH3 is 2. The Hall–Kier alpha value is -2.54. The van der Waals surface area contributed by atoms with Crippen LogP contribution in [0.2, 0.25) is 0 Å². The van der Waals surface area contributed by atoms with E-state index in [1.54, 1.807) is 32.4 Å². The number of morpholine rings is 1. The SMILES string of the molecule is COc1ccc(C2=C(N3CC(C)OC(C)C3)C(=O)N(C(C)C)C2=O)cc1OC. The monoisotopic (exact) mass is 388 g/mol. The van der Waals surface area contributed by atoms with Crippen LogP contribution in [0.25, 0.3) is 5.57 Å². The van der Waals surface area contributed by atoms with Gasteiger partial charge in [-0.2, -0.15) is 0 Å². The molecule has 0 bridgehead atoms. The number of rotatable bonds is 5. The van der Waals surface area contributed by atoms with Gasteiger partial charge in [-0.15, -0.1) is 0 Å². The van der Waals surface area contributed by atoms with Crippen LogP contribution >= 0.6 is 0 Å². The summed E-state index contributed by atoms with van der Waals surface area (Å²) in [6, 6.07) is 5.05. The molecule has 0 spiro atoms. The summed E-state index contributed by atoms with van der Waals surface area (Å²) < 4.78 is 16.5. The Morgan fingerprint density at radius 1 is 1.00 bits per heavy atom. The molecule has 2 amide bonds. The maximum atomic E-state index is 13.2. The van der Waals surface area contributed by atoms with Gasteiger partial charge in [-0.25, -0.2) is 0 Å². The Kier molecular flexibility index (Phi) is 5.65. The Morgan fingerprint density at radius 2 is 1.61 bits per heavy atom. The molecular weight excluding hydrogens is 360 g/mol. The molecule has 0 radical (unpaired) electrons. The lowest BCUT2D eigenvalue weighted by Gasteiger charge is -2.37. The van der Waals surface area contributed by atoms with E-state index in [0.717, 1.165) is 0 Å². The van der Waals surface area contributed by atoms with Crippen molar-refractivity contribution in [3.05, 3.63) is 29.5 Å². The summed E-state index contributed by atoms with van der Waals surface area (Å²) >= 11 is 0. The summed E-state index contributed by atoms with van der Waals surface area (Å²) in [5, 5.41) is 0. The zero-order chi connectivity index (χ0) is 20.6. The highest BCUT2D eigenvalue weighted by molar-refractivity contribution is 6.35. The first-order valence-electron chi connectivity index (χ1n) is 9.53. The summed E-state index contributed by atoms with van der Waals surface area (Å²) in [6.07, 6.45) is -0.0576. The molecule has 2 aliphatic heterocycles. The summed E-state index contributed by atoms with van der Waals surface area (Å²) in [7, 11) is 3.10. The maximum absolute atomic E-state index is 13.2. The fraction of sp³-hybridized carbons (Fsp3) is 0.524. The third kappa shape index (κ3) is 3.46. The quantitative estimate of drug-likeness (QED) is 0.721. The third-order valence-corrected chi connectivity index (χ3v) is 5.02. The molecule has 28 heavy (non-hydrogen) atoms. The van der Waals surface area contributed by atoms with Crippen molar-refractivity contribution in [1.29, 1.82) is 0 Å². The zero-order valence-electron chi connectivity index (χ0n) is 17.3. The number of ether oxygens (including phenoxy) is 3. The first kappa shape index (κ1) is 20.2. The number of hydrogen-bond acceptors (Lipinski definition) is 6. The second-order valence-corrected chi connectivity index (χ2v) is 7.53. The van der Waals surface area contributed by atoms with Crippen LogP contribution in [0.3, 0.4) is 0 Å². The zero-order valence-corrected chi connectivity index (χ0v) is 17.3. The van der Waals surface area contributed by atoms with Gasteiger partial charge in [0.05, 0.1) is 32.0 Å². The molecule has 1 aromatic rings. The largest absolute Gasteiger partial charge is 0.493 e. The van der Waals surface area contributed by atoms with Crippen LogP contribution in [-0.4, -0.2) is 67.2 Å². The van der Waals surface area contributed by atoms with Crippen LogP contribution in [0.4, 0.5) is 0 Å². The van der Waals surface area contributed by atoms with Crippen LogP contribution in [-0.2, 0) is 14.3 Å². The summed E-state index contributed by atoms with van der Waals surface area (Å²) in [4.78, 5) is 29.8. The molecule has 2 atom stereocenters. The van der Waals surface area contributed by atoms with E-state index < -0.39 is 0 Å². The van der Waals surface area contributed by atoms with Gasteiger partial charge in [-0.05, 0) is 45.4 Å². The lowest BCUT2D eigenvalue weighted by atomic mass is 10.0. The van der Waals surface area contributed by atoms with Crippen LogP contribution in [0.15, 0.2) is 23.9 Å². The van der Waals surface area contributed by atoms with Gasteiger partial charge >= 0.3 is 0 Å². The minimum absolute atomic E-state index is 0.0288. The summed E-state index contributed by atoms with van der Waals surface area (Å²) in [6.45, 7) is 8.75. The van der Waals surface area contributed by atoms with E-state index in [1.165, 1.54) is 4.90 Å². The average molecular weight is 388 g/mol. The van der Waals surface area contributed by atoms with E-state index in [4.69, 9.17) is 14.2 Å². The molecular formula is C21H28N2O5. The Bertz CT molecular complexity index is 807. The third-order valence-electron chi connectivity index (χ3n) is 5.02. The van der Waals surface area contributed by atoms with Gasteiger partial charge in [0.15, 0.2) is 11.5 Å². The number of imide groups is 1. The summed E-state index contributed by atoms with van der Waals surface area (Å²) in [5.41, 5.74) is 1.48. The average Bonchev–Trinajstić information content (AvgIpc) is 2.90. The first-order valence-corrected chi connectivity index (χ1v) is 9.53. The van der Waals surface area contributed by atoms with Gasteiger partial charge in [0, 0.05) is 19.1 Å². The number of benzene rings is 1. The lowest BCUT2D eigenvalue weighted by molar-refractivity contribution is -0.140. The Balaban J connectivity index is 2.15. The topological polar surface area (TPSA) is 68.3 Å². The molecule has 3 rings (SSSR count). The molecule has 2 aliphatic rings. The smallest absolute Gasteiger partial charge is 0.278 e. The predicted molar refractivity (Wildman–Crippen MR) is 105 cm³/mol. The van der Waals surface area contributed by atoms with Crippen molar-refractivity contribution >= 4 is 17.4 Å². The van der Waals surface area contributed by atoms with Crippen molar-refractivity contribution in [3.8, 4) is 11.5 Å². The molecule has 7 nitrogen and oxygen atoms in total. The number of amides is 2. The Morgan fingerprint density at radius 3 is 2.14 bits per heavy atom. The highest BCUT2D eigenvalue weighted by Gasteiger charge is 2.44. The van der Waals surface area contributed by atoms with Crippen LogP contribution < -0.4 is 9.47 Å². The van der Waals surface area contributed by atoms with Crippen molar-refractivity contribution in [3.63, 3.8) is 0 Å². The van der Waals surface area contributed by atoms with Crippen molar-refractivity contribution in [2.24, 2.45) is 0 Å². The molecule has 7 heteroatoms. The van der Waals surface area contributed by atoms with Crippen LogP contribution in [0.1, 0.15) is 33.3 Å². The lowest BCUT2D eigenvalue weighted by Crippen LogP contribution is -2.47. The van der Waals surface area contributed by atoms with E-state index in [0.29, 0.717) is 41.4 Å². The van der Waals surface area contributed by atoms with Crippen molar-refractivity contribution < 1.29 is 23.8 Å². The second kappa shape index (κ2) is 7.83. The fourth-order valence-electron chi connectivity index (χ4n) is 3.91. The molecule has 152 valence electrons. The molecule has 2 unspecified atom stereocenters. The number of carbonyl (C=O) groups is 2. The van der Waals surface area contributed by atoms with Gasteiger partial charge in [0.2, 0.25) is 0 Å². The van der Waals surface area contributed by atoms with Crippen molar-refractivity contribution in [1.82, 2.24) is 9.80 Å². The van der Waals surface area contributed by atoms with Gasteiger partial charge < -0.3 is 19.1 Å². The molecule has 1 aromatic carbocycles. The molecule has 0 saturated carbocycles. The Labute approximate surface area is 165 Å². The standard InChI is InChI=1S/C21H28N2O5/c1-12(2)23-20(24)18(15-7-8-16(26-5)17(9-15)27-6)19(21(23)25)22-10-13(3)28-14(4)11-22/h7-9,12-14H,10-11H2,1-6H3. The molecule has 0 aromatic heterocycles.